The number of likely N-dealkylation sites (N-methyl/N-ethyl adjacent to an activating group) is 1. The Morgan fingerprint density at radius 3 is 1.66 bits per heavy atom. The molecule has 0 saturated heterocycles. The molecular weight excluding hydrogens is 618 g/mol. The summed E-state index contributed by atoms with van der Waals surface area (Å²) in [6, 6.07) is 50.9. The van der Waals surface area contributed by atoms with E-state index in [4.69, 9.17) is 18.7 Å². The molecule has 0 aliphatic carbocycles. The van der Waals surface area contributed by atoms with Gasteiger partial charge in [0.2, 0.25) is 0 Å². The normalized spacial score (nSPS) is 12.9. The average molecular weight is 659 g/mol. The molecule has 0 spiro atoms. The molecule has 0 amide bonds. The van der Waals surface area contributed by atoms with E-state index in [1.165, 1.54) is 15.9 Å². The third kappa shape index (κ3) is 10.4. The van der Waals surface area contributed by atoms with Gasteiger partial charge in [-0.2, -0.15) is 0 Å². The molecule has 0 N–H and O–H groups in total. The summed E-state index contributed by atoms with van der Waals surface area (Å²) in [7, 11) is 1.76. The first-order valence-electron chi connectivity index (χ1n) is 15.2. The molecule has 3 atom stereocenters. The quantitative estimate of drug-likeness (QED) is 0.0531. The molecule has 0 aromatic heterocycles. The molecule has 238 valence electrons. The van der Waals surface area contributed by atoms with Crippen molar-refractivity contribution in [3.05, 3.63) is 151 Å². The predicted octanol–water partition coefficient (Wildman–Crippen LogP) is 6.40. The highest BCUT2D eigenvalue weighted by molar-refractivity contribution is 7.71. The largest absolute Gasteiger partial charge is 0.490 e. The van der Waals surface area contributed by atoms with Crippen LogP contribution in [0.5, 0.6) is 5.75 Å². The van der Waals surface area contributed by atoms with Crippen molar-refractivity contribution in [3.8, 4) is 5.75 Å². The van der Waals surface area contributed by atoms with Gasteiger partial charge in [0.15, 0.2) is 0 Å². The molecule has 5 rings (SSSR count). The smallest absolute Gasteiger partial charge is 0.146 e. The van der Waals surface area contributed by atoms with Crippen LogP contribution in [0.25, 0.3) is 0 Å². The van der Waals surface area contributed by atoms with E-state index in [0.717, 1.165) is 16.6 Å². The molecule has 0 heterocycles. The summed E-state index contributed by atoms with van der Waals surface area (Å²) in [5.74, 6) is 0.862. The molecule has 0 saturated carbocycles. The summed E-state index contributed by atoms with van der Waals surface area (Å²) in [6.07, 6.45) is -0.202. The van der Waals surface area contributed by atoms with Crippen LogP contribution < -0.4 is 26.0 Å². The van der Waals surface area contributed by atoms with Gasteiger partial charge >= 0.3 is 0 Å². The van der Waals surface area contributed by atoms with Crippen LogP contribution in [-0.2, 0) is 14.0 Å². The summed E-state index contributed by atoms with van der Waals surface area (Å²) in [5, 5.41) is 4.78. The van der Waals surface area contributed by atoms with Crippen LogP contribution in [-0.4, -0.2) is 61.7 Å². The average Bonchev–Trinajstić information content (AvgIpc) is 3.10. The van der Waals surface area contributed by atoms with Crippen molar-refractivity contribution in [1.29, 1.82) is 0 Å². The molecular formula is C38H41B2NO4P2. The second kappa shape index (κ2) is 20.2. The van der Waals surface area contributed by atoms with E-state index in [1.54, 1.807) is 7.11 Å². The summed E-state index contributed by atoms with van der Waals surface area (Å²) in [5.41, 5.74) is 1.15. The van der Waals surface area contributed by atoms with Gasteiger partial charge in [-0.05, 0) is 37.0 Å². The maximum atomic E-state index is 7.32. The Hall–Kier alpha value is -3.27. The second-order valence-corrected chi connectivity index (χ2v) is 14.6. The molecule has 0 bridgehead atoms. The van der Waals surface area contributed by atoms with Crippen molar-refractivity contribution < 1.29 is 18.7 Å². The van der Waals surface area contributed by atoms with E-state index >= 15 is 0 Å². The van der Waals surface area contributed by atoms with Gasteiger partial charge in [-0.15, -0.1) is 0 Å². The second-order valence-electron chi connectivity index (χ2n) is 10.5. The van der Waals surface area contributed by atoms with E-state index in [1.807, 2.05) is 6.07 Å². The standard InChI is InChI=1S/C38H41NO4P2.2B/c1-31(38(32-18-8-4-9-19-32)43-45(34-22-12-6-13-23-34)35-24-14-7-15-25-35)39(2)44(33-20-10-5-11-21-33)37-27-17-16-26-36(37)42-29-28-41-30-40-3;;/h4-27,31,38H,28-30H2,1-3H3;;/t31-,38-,44+;;/m1../s1. The lowest BCUT2D eigenvalue weighted by molar-refractivity contribution is -0.0386. The highest BCUT2D eigenvalue weighted by Crippen LogP contribution is 2.48. The van der Waals surface area contributed by atoms with Crippen molar-refractivity contribution in [2.24, 2.45) is 0 Å². The van der Waals surface area contributed by atoms with Crippen LogP contribution in [0.2, 0.25) is 0 Å². The minimum absolute atomic E-state index is 0. The van der Waals surface area contributed by atoms with Gasteiger partial charge in [-0.25, -0.2) is 0 Å². The highest BCUT2D eigenvalue weighted by Gasteiger charge is 2.34. The molecule has 5 nitrogen and oxygen atoms in total. The van der Waals surface area contributed by atoms with Crippen LogP contribution in [0.3, 0.4) is 0 Å². The highest BCUT2D eigenvalue weighted by atomic mass is 31.1. The number of hydrogen-bond acceptors (Lipinski definition) is 5. The summed E-state index contributed by atoms with van der Waals surface area (Å²) in [4.78, 5) is 0. The van der Waals surface area contributed by atoms with Gasteiger partial charge in [-0.3, -0.25) is 4.67 Å². The Morgan fingerprint density at radius 2 is 1.11 bits per heavy atom. The zero-order valence-electron chi connectivity index (χ0n) is 27.3. The molecule has 0 aliphatic heterocycles. The van der Waals surface area contributed by atoms with Crippen molar-refractivity contribution in [1.82, 2.24) is 4.67 Å². The third-order valence-corrected chi connectivity index (χ3v) is 12.0. The summed E-state index contributed by atoms with van der Waals surface area (Å²) >= 11 is 0. The van der Waals surface area contributed by atoms with Crippen LogP contribution >= 0.6 is 16.2 Å². The molecule has 5 aromatic rings. The number of ether oxygens (including phenoxy) is 3. The fourth-order valence-electron chi connectivity index (χ4n) is 5.13. The van der Waals surface area contributed by atoms with E-state index in [-0.39, 0.29) is 35.8 Å². The fourth-order valence-corrected chi connectivity index (χ4v) is 9.58. The molecule has 9 heteroatoms. The van der Waals surface area contributed by atoms with Crippen LogP contribution in [0.15, 0.2) is 146 Å². The van der Waals surface area contributed by atoms with E-state index < -0.39 is 16.2 Å². The van der Waals surface area contributed by atoms with E-state index in [0.29, 0.717) is 13.2 Å². The predicted molar refractivity (Wildman–Crippen MR) is 200 cm³/mol. The first-order valence-corrected chi connectivity index (χ1v) is 17.7. The number of benzene rings is 5. The Balaban J connectivity index is 0.00000300. The SMILES string of the molecule is COCOCCOc1ccccc1[P@](c1ccccc1)N(C)[C@H](C)[C@@H](OP(c1ccccc1)c1ccccc1)c1ccccc1.[B].[B]. The van der Waals surface area contributed by atoms with Gasteiger partial charge < -0.3 is 18.7 Å². The van der Waals surface area contributed by atoms with E-state index in [2.05, 4.69) is 158 Å². The Bertz CT molecular complexity index is 1520. The van der Waals surface area contributed by atoms with Gasteiger partial charge in [0.25, 0.3) is 0 Å². The fraction of sp³-hybridized carbons (Fsp3) is 0.211. The zero-order valence-corrected chi connectivity index (χ0v) is 29.1. The topological polar surface area (TPSA) is 40.2 Å². The van der Waals surface area contributed by atoms with Crippen LogP contribution in [0.1, 0.15) is 18.6 Å². The molecule has 47 heavy (non-hydrogen) atoms. The van der Waals surface area contributed by atoms with Crippen molar-refractivity contribution in [2.75, 3.05) is 34.2 Å². The number of rotatable bonds is 16. The monoisotopic (exact) mass is 659 g/mol. The van der Waals surface area contributed by atoms with Gasteiger partial charge in [0.05, 0.1) is 14.8 Å². The minimum atomic E-state index is -1.09. The molecule has 5 aromatic carbocycles. The number of nitrogens with zero attached hydrogens (tertiary/aromatic N) is 1. The lowest BCUT2D eigenvalue weighted by atomic mass is 10.0. The first kappa shape index (κ1) is 38.2. The van der Waals surface area contributed by atoms with Crippen molar-refractivity contribution >= 4 is 54.3 Å². The summed E-state index contributed by atoms with van der Waals surface area (Å²) < 4.78 is 26.6. The van der Waals surface area contributed by atoms with Gasteiger partial charge in [0, 0.05) is 54.0 Å². The number of para-hydroxylation sites is 1. The van der Waals surface area contributed by atoms with E-state index in [9.17, 15) is 0 Å². The van der Waals surface area contributed by atoms with Crippen molar-refractivity contribution in [2.45, 2.75) is 19.1 Å². The Labute approximate surface area is 287 Å². The molecule has 0 unspecified atom stereocenters. The summed E-state index contributed by atoms with van der Waals surface area (Å²) in [6.45, 7) is 3.41. The van der Waals surface area contributed by atoms with Gasteiger partial charge in [-0.1, -0.05) is 133 Å². The number of hydrogen-bond donors (Lipinski definition) is 0. The zero-order chi connectivity index (χ0) is 31.3. The third-order valence-electron chi connectivity index (χ3n) is 7.45. The van der Waals surface area contributed by atoms with Gasteiger partial charge in [0.1, 0.15) is 25.3 Å². The lowest BCUT2D eigenvalue weighted by Gasteiger charge is -2.39. The van der Waals surface area contributed by atoms with Crippen LogP contribution in [0, 0.1) is 0 Å². The Kier molecular flexibility index (Phi) is 16.4. The maximum absolute atomic E-state index is 7.32. The number of methoxy groups -OCH3 is 1. The Morgan fingerprint density at radius 1 is 0.617 bits per heavy atom. The van der Waals surface area contributed by atoms with Crippen LogP contribution in [0.4, 0.5) is 0 Å². The minimum Gasteiger partial charge on any atom is -0.490 e. The maximum Gasteiger partial charge on any atom is 0.146 e. The molecule has 0 fully saturated rings. The first-order chi connectivity index (χ1) is 22.2. The van der Waals surface area contributed by atoms with Crippen molar-refractivity contribution in [3.63, 3.8) is 0 Å². The molecule has 0 aliphatic rings. The molecule has 6 radical (unpaired) electrons. The lowest BCUT2D eigenvalue weighted by Crippen LogP contribution is -2.37.